The van der Waals surface area contributed by atoms with Gasteiger partial charge in [0.1, 0.15) is 0 Å². The predicted octanol–water partition coefficient (Wildman–Crippen LogP) is -0.300. The number of rotatable bonds is 6. The molecule has 0 aromatic rings. The summed E-state index contributed by atoms with van der Waals surface area (Å²) >= 11 is 0. The van der Waals surface area contributed by atoms with E-state index in [0.717, 1.165) is 32.5 Å². The molecule has 0 atom stereocenters. The van der Waals surface area contributed by atoms with Crippen molar-refractivity contribution >= 4 is 0 Å². The number of hydrogen-bond donors (Lipinski definition) is 2. The molecule has 0 bridgehead atoms. The quantitative estimate of drug-likeness (QED) is 0.582. The molecule has 0 unspecified atom stereocenters. The Hall–Kier alpha value is -0.160. The first-order chi connectivity index (χ1) is 6.86. The Morgan fingerprint density at radius 3 is 2.43 bits per heavy atom. The smallest absolute Gasteiger partial charge is 0.0698 e. The summed E-state index contributed by atoms with van der Waals surface area (Å²) in [6.07, 6.45) is 2.19. The normalized spacial score (nSPS) is 20.1. The lowest BCUT2D eigenvalue weighted by Crippen LogP contribution is -2.36. The maximum atomic E-state index is 8.95. The first-order valence-corrected chi connectivity index (χ1v) is 5.38. The van der Waals surface area contributed by atoms with Crippen LogP contribution in [0.2, 0.25) is 0 Å². The molecule has 1 heterocycles. The summed E-state index contributed by atoms with van der Waals surface area (Å²) in [5.74, 6) is 0.504. The first-order valence-electron chi connectivity index (χ1n) is 5.38. The van der Waals surface area contributed by atoms with Crippen LogP contribution < -0.4 is 0 Å². The molecule has 1 aliphatic rings. The molecular weight excluding hydrogens is 182 g/mol. The second-order valence-electron chi connectivity index (χ2n) is 3.80. The number of likely N-dealkylation sites (tertiary alicyclic amines) is 1. The van der Waals surface area contributed by atoms with Gasteiger partial charge in [-0.2, -0.15) is 0 Å². The lowest BCUT2D eigenvalue weighted by atomic mass is 9.98. The molecule has 14 heavy (non-hydrogen) atoms. The first kappa shape index (κ1) is 11.9. The molecule has 1 saturated heterocycles. The molecule has 4 nitrogen and oxygen atoms in total. The van der Waals surface area contributed by atoms with Gasteiger partial charge in [-0.15, -0.1) is 0 Å². The van der Waals surface area contributed by atoms with Crippen LogP contribution in [0.3, 0.4) is 0 Å². The van der Waals surface area contributed by atoms with Gasteiger partial charge >= 0.3 is 0 Å². The van der Waals surface area contributed by atoms with Gasteiger partial charge in [-0.25, -0.2) is 0 Å². The maximum Gasteiger partial charge on any atom is 0.0698 e. The summed E-state index contributed by atoms with van der Waals surface area (Å²) in [5, 5.41) is 17.5. The minimum Gasteiger partial charge on any atom is -0.396 e. The van der Waals surface area contributed by atoms with Crippen molar-refractivity contribution in [1.29, 1.82) is 0 Å². The van der Waals surface area contributed by atoms with E-state index >= 15 is 0 Å². The van der Waals surface area contributed by atoms with Crippen molar-refractivity contribution in [1.82, 2.24) is 4.90 Å². The third-order valence-electron chi connectivity index (χ3n) is 2.75. The van der Waals surface area contributed by atoms with Gasteiger partial charge < -0.3 is 19.8 Å². The lowest BCUT2D eigenvalue weighted by Gasteiger charge is -2.30. The molecule has 0 aromatic heterocycles. The number of hydrogen-bond acceptors (Lipinski definition) is 4. The second kappa shape index (κ2) is 7.17. The van der Waals surface area contributed by atoms with E-state index in [1.54, 1.807) is 0 Å². The molecule has 0 aliphatic carbocycles. The van der Waals surface area contributed by atoms with E-state index in [0.29, 0.717) is 25.7 Å². The zero-order chi connectivity index (χ0) is 10.2. The van der Waals surface area contributed by atoms with Crippen LogP contribution in [-0.2, 0) is 4.74 Å². The fourth-order valence-corrected chi connectivity index (χ4v) is 1.75. The maximum absolute atomic E-state index is 8.95. The zero-order valence-corrected chi connectivity index (χ0v) is 8.69. The Morgan fingerprint density at radius 1 is 1.14 bits per heavy atom. The lowest BCUT2D eigenvalue weighted by molar-refractivity contribution is 0.0597. The summed E-state index contributed by atoms with van der Waals surface area (Å²) in [4.78, 5) is 2.35. The van der Waals surface area contributed by atoms with Crippen LogP contribution in [0.1, 0.15) is 12.8 Å². The molecule has 0 radical (unpaired) electrons. The van der Waals surface area contributed by atoms with Crippen molar-refractivity contribution in [2.45, 2.75) is 12.8 Å². The zero-order valence-electron chi connectivity index (χ0n) is 8.69. The number of nitrogens with zero attached hydrogens (tertiary/aromatic N) is 1. The van der Waals surface area contributed by atoms with E-state index in [1.165, 1.54) is 0 Å². The van der Waals surface area contributed by atoms with Crippen LogP contribution in [0, 0.1) is 5.92 Å². The average Bonchev–Trinajstić information content (AvgIpc) is 2.25. The van der Waals surface area contributed by atoms with Gasteiger partial charge in [-0.1, -0.05) is 0 Å². The summed E-state index contributed by atoms with van der Waals surface area (Å²) in [7, 11) is 0. The largest absolute Gasteiger partial charge is 0.396 e. The summed E-state index contributed by atoms with van der Waals surface area (Å²) in [6.45, 7) is 4.64. The number of aliphatic hydroxyl groups excluding tert-OH is 2. The molecule has 1 aliphatic heterocycles. The van der Waals surface area contributed by atoms with Crippen molar-refractivity contribution in [2.75, 3.05) is 46.1 Å². The van der Waals surface area contributed by atoms with E-state index < -0.39 is 0 Å². The van der Waals surface area contributed by atoms with Crippen molar-refractivity contribution < 1.29 is 14.9 Å². The van der Waals surface area contributed by atoms with Crippen LogP contribution in [0.5, 0.6) is 0 Å². The fraction of sp³-hybridized carbons (Fsp3) is 1.00. The number of aliphatic hydroxyl groups is 2. The molecule has 0 saturated carbocycles. The van der Waals surface area contributed by atoms with Crippen LogP contribution in [0.25, 0.3) is 0 Å². The van der Waals surface area contributed by atoms with Crippen molar-refractivity contribution in [3.63, 3.8) is 0 Å². The highest BCUT2D eigenvalue weighted by atomic mass is 16.5. The highest BCUT2D eigenvalue weighted by Gasteiger charge is 2.17. The van der Waals surface area contributed by atoms with Crippen LogP contribution in [0.15, 0.2) is 0 Å². The second-order valence-corrected chi connectivity index (χ2v) is 3.80. The van der Waals surface area contributed by atoms with E-state index in [4.69, 9.17) is 14.9 Å². The Kier molecular flexibility index (Phi) is 6.10. The monoisotopic (exact) mass is 203 g/mol. The van der Waals surface area contributed by atoms with Gasteiger partial charge in [0.25, 0.3) is 0 Å². The van der Waals surface area contributed by atoms with Gasteiger partial charge in [0.2, 0.25) is 0 Å². The summed E-state index contributed by atoms with van der Waals surface area (Å²) in [5.41, 5.74) is 0. The Labute approximate surface area is 85.5 Å². The van der Waals surface area contributed by atoms with E-state index in [9.17, 15) is 0 Å². The molecule has 1 fully saturated rings. The predicted molar refractivity (Wildman–Crippen MR) is 54.2 cm³/mol. The van der Waals surface area contributed by atoms with Gasteiger partial charge in [0, 0.05) is 13.2 Å². The van der Waals surface area contributed by atoms with E-state index in [1.807, 2.05) is 0 Å². The van der Waals surface area contributed by atoms with Gasteiger partial charge in [0.15, 0.2) is 0 Å². The molecule has 1 rings (SSSR count). The SMILES string of the molecule is OCCOCCN1CCC(CO)CC1. The fourth-order valence-electron chi connectivity index (χ4n) is 1.75. The van der Waals surface area contributed by atoms with Crippen molar-refractivity contribution in [3.8, 4) is 0 Å². The summed E-state index contributed by atoms with van der Waals surface area (Å²) in [6, 6.07) is 0. The van der Waals surface area contributed by atoms with Gasteiger partial charge in [-0.3, -0.25) is 0 Å². The molecule has 2 N–H and O–H groups in total. The van der Waals surface area contributed by atoms with Crippen molar-refractivity contribution in [2.24, 2.45) is 5.92 Å². The molecular formula is C10H21NO3. The number of piperidine rings is 1. The standard InChI is InChI=1S/C10H21NO3/c12-6-8-14-7-5-11-3-1-10(9-13)2-4-11/h10,12-13H,1-9H2. The third-order valence-corrected chi connectivity index (χ3v) is 2.75. The van der Waals surface area contributed by atoms with E-state index in [2.05, 4.69) is 4.90 Å². The molecule has 4 heteroatoms. The van der Waals surface area contributed by atoms with Crippen LogP contribution >= 0.6 is 0 Å². The van der Waals surface area contributed by atoms with Gasteiger partial charge in [0.05, 0.1) is 19.8 Å². The minimum absolute atomic E-state index is 0.104. The average molecular weight is 203 g/mol. The van der Waals surface area contributed by atoms with E-state index in [-0.39, 0.29) is 6.61 Å². The molecule has 0 spiro atoms. The Morgan fingerprint density at radius 2 is 1.86 bits per heavy atom. The highest BCUT2D eigenvalue weighted by molar-refractivity contribution is 4.71. The molecule has 0 aromatic carbocycles. The molecule has 0 amide bonds. The Balaban J connectivity index is 1.98. The van der Waals surface area contributed by atoms with Crippen molar-refractivity contribution in [3.05, 3.63) is 0 Å². The highest BCUT2D eigenvalue weighted by Crippen LogP contribution is 2.15. The minimum atomic E-state index is 0.104. The summed E-state index contributed by atoms with van der Waals surface area (Å²) < 4.78 is 5.20. The topological polar surface area (TPSA) is 52.9 Å². The number of ether oxygens (including phenoxy) is 1. The van der Waals surface area contributed by atoms with Gasteiger partial charge in [-0.05, 0) is 31.8 Å². The van der Waals surface area contributed by atoms with Crippen LogP contribution in [0.4, 0.5) is 0 Å². The van der Waals surface area contributed by atoms with Crippen LogP contribution in [-0.4, -0.2) is 61.2 Å². The molecule has 84 valence electrons. The third kappa shape index (κ3) is 4.37. The Bertz CT molecular complexity index is 135.